The molecule has 4 nitrogen and oxygen atoms in total. The molecule has 0 radical (unpaired) electrons. The van der Waals surface area contributed by atoms with E-state index in [9.17, 15) is 14.0 Å². The molecule has 2 aromatic carbocycles. The number of nitrogens with zero attached hydrogens (tertiary/aromatic N) is 1. The maximum absolute atomic E-state index is 13.3. The zero-order valence-electron chi connectivity index (χ0n) is 18.1. The van der Waals surface area contributed by atoms with Gasteiger partial charge < -0.3 is 10.2 Å². The highest BCUT2D eigenvalue weighted by Gasteiger charge is 2.27. The molecule has 1 aliphatic carbocycles. The summed E-state index contributed by atoms with van der Waals surface area (Å²) in [6.45, 7) is 2.07. The molecule has 1 N–H and O–H groups in total. The first-order valence-electron chi connectivity index (χ1n) is 11.0. The second-order valence-electron chi connectivity index (χ2n) is 8.08. The van der Waals surface area contributed by atoms with Crippen LogP contribution in [0.25, 0.3) is 0 Å². The number of rotatable bonds is 9. The van der Waals surface area contributed by atoms with Gasteiger partial charge in [-0.2, -0.15) is 0 Å². The second-order valence-corrected chi connectivity index (χ2v) is 9.25. The van der Waals surface area contributed by atoms with E-state index in [1.165, 1.54) is 18.6 Å². The normalized spacial score (nSPS) is 15.3. The van der Waals surface area contributed by atoms with E-state index in [2.05, 4.69) is 5.32 Å². The van der Waals surface area contributed by atoms with Crippen LogP contribution >= 0.6 is 11.8 Å². The van der Waals surface area contributed by atoms with E-state index >= 15 is 0 Å². The predicted molar refractivity (Wildman–Crippen MR) is 123 cm³/mol. The van der Waals surface area contributed by atoms with Crippen molar-refractivity contribution in [3.8, 4) is 0 Å². The fourth-order valence-electron chi connectivity index (χ4n) is 3.85. The Hall–Kier alpha value is -2.34. The summed E-state index contributed by atoms with van der Waals surface area (Å²) in [7, 11) is 0. The molecule has 0 bridgehead atoms. The van der Waals surface area contributed by atoms with Gasteiger partial charge >= 0.3 is 0 Å². The van der Waals surface area contributed by atoms with Crippen LogP contribution in [0, 0.1) is 5.82 Å². The topological polar surface area (TPSA) is 49.4 Å². The van der Waals surface area contributed by atoms with E-state index in [0.717, 1.165) is 36.1 Å². The van der Waals surface area contributed by atoms with Crippen LogP contribution in [0.4, 0.5) is 4.39 Å². The van der Waals surface area contributed by atoms with Crippen molar-refractivity contribution in [3.05, 3.63) is 66.0 Å². The summed E-state index contributed by atoms with van der Waals surface area (Å²) >= 11 is 1.63. The first-order chi connectivity index (χ1) is 15.0. The van der Waals surface area contributed by atoms with Crippen LogP contribution < -0.4 is 5.32 Å². The van der Waals surface area contributed by atoms with Crippen molar-refractivity contribution in [2.45, 2.75) is 69.0 Å². The largest absolute Gasteiger partial charge is 0.352 e. The van der Waals surface area contributed by atoms with Crippen LogP contribution in [-0.2, 0) is 16.1 Å². The summed E-state index contributed by atoms with van der Waals surface area (Å²) in [5.41, 5.74) is 0.808. The highest BCUT2D eigenvalue weighted by atomic mass is 32.2. The Morgan fingerprint density at radius 1 is 1.06 bits per heavy atom. The molecule has 1 fully saturated rings. The number of benzene rings is 2. The van der Waals surface area contributed by atoms with Crippen molar-refractivity contribution >= 4 is 23.6 Å². The number of hydrogen-bond donors (Lipinski definition) is 1. The standard InChI is InChI=1S/C25H31FN2O2S/c1-19(25(30)27-22-8-4-2-5-9-22)28(18-20-12-14-21(26)15-13-20)24(29)16-17-31-23-10-6-3-7-11-23/h3,6-7,10-15,19,22H,2,4-5,8-9,16-18H2,1H3,(H,27,30)/t19-/m0/s1. The lowest BCUT2D eigenvalue weighted by Gasteiger charge is -2.31. The number of carbonyl (C=O) groups is 2. The van der Waals surface area contributed by atoms with Gasteiger partial charge in [0.1, 0.15) is 11.9 Å². The summed E-state index contributed by atoms with van der Waals surface area (Å²) in [6, 6.07) is 15.7. The highest BCUT2D eigenvalue weighted by molar-refractivity contribution is 7.99. The molecule has 3 rings (SSSR count). The van der Waals surface area contributed by atoms with Crippen molar-refractivity contribution in [3.63, 3.8) is 0 Å². The number of carbonyl (C=O) groups excluding carboxylic acids is 2. The van der Waals surface area contributed by atoms with Crippen molar-refractivity contribution in [2.24, 2.45) is 0 Å². The second kappa shape index (κ2) is 11.9. The molecule has 6 heteroatoms. The minimum absolute atomic E-state index is 0.0703. The maximum atomic E-state index is 13.3. The van der Waals surface area contributed by atoms with Crippen LogP contribution in [0.15, 0.2) is 59.5 Å². The molecule has 1 atom stereocenters. The van der Waals surface area contributed by atoms with Gasteiger partial charge in [-0.1, -0.05) is 49.6 Å². The third kappa shape index (κ3) is 7.39. The SMILES string of the molecule is C[C@@H](C(=O)NC1CCCCC1)N(Cc1ccc(F)cc1)C(=O)CCSc1ccccc1. The van der Waals surface area contributed by atoms with Crippen LogP contribution in [0.3, 0.4) is 0 Å². The zero-order valence-corrected chi connectivity index (χ0v) is 18.9. The third-order valence-corrected chi connectivity index (χ3v) is 6.73. The van der Waals surface area contributed by atoms with Gasteiger partial charge in [0.05, 0.1) is 0 Å². The van der Waals surface area contributed by atoms with E-state index < -0.39 is 6.04 Å². The quantitative estimate of drug-likeness (QED) is 0.545. The van der Waals surface area contributed by atoms with Gasteiger partial charge in [0.2, 0.25) is 11.8 Å². The molecular formula is C25H31FN2O2S. The van der Waals surface area contributed by atoms with E-state index in [4.69, 9.17) is 0 Å². The van der Waals surface area contributed by atoms with E-state index in [1.54, 1.807) is 35.7 Å². The molecule has 31 heavy (non-hydrogen) atoms. The Kier molecular flexibility index (Phi) is 8.95. The lowest BCUT2D eigenvalue weighted by atomic mass is 9.95. The average Bonchev–Trinajstić information content (AvgIpc) is 2.79. The maximum Gasteiger partial charge on any atom is 0.242 e. The summed E-state index contributed by atoms with van der Waals surface area (Å²) in [5, 5.41) is 3.13. The Balaban J connectivity index is 1.64. The van der Waals surface area contributed by atoms with E-state index in [0.29, 0.717) is 12.2 Å². The average molecular weight is 443 g/mol. The monoisotopic (exact) mass is 442 g/mol. The highest BCUT2D eigenvalue weighted by Crippen LogP contribution is 2.21. The molecular weight excluding hydrogens is 411 g/mol. The Morgan fingerprint density at radius 2 is 1.74 bits per heavy atom. The lowest BCUT2D eigenvalue weighted by Crippen LogP contribution is -2.50. The molecule has 0 spiro atoms. The Labute approximate surface area is 188 Å². The van der Waals surface area contributed by atoms with Gasteiger partial charge in [0.15, 0.2) is 0 Å². The van der Waals surface area contributed by atoms with Gasteiger partial charge in [0.25, 0.3) is 0 Å². The third-order valence-electron chi connectivity index (χ3n) is 5.71. The number of amides is 2. The molecule has 0 aromatic heterocycles. The van der Waals surface area contributed by atoms with Crippen molar-refractivity contribution in [2.75, 3.05) is 5.75 Å². The van der Waals surface area contributed by atoms with Gasteiger partial charge in [-0.3, -0.25) is 9.59 Å². The molecule has 2 aromatic rings. The van der Waals surface area contributed by atoms with Crippen molar-refractivity contribution < 1.29 is 14.0 Å². The molecule has 0 heterocycles. The first-order valence-corrected chi connectivity index (χ1v) is 12.0. The number of thioether (sulfide) groups is 1. The van der Waals surface area contributed by atoms with Crippen LogP contribution in [0.5, 0.6) is 0 Å². The fourth-order valence-corrected chi connectivity index (χ4v) is 4.72. The van der Waals surface area contributed by atoms with Crippen molar-refractivity contribution in [1.29, 1.82) is 0 Å². The van der Waals surface area contributed by atoms with Gasteiger partial charge in [0, 0.05) is 29.7 Å². The minimum atomic E-state index is -0.582. The lowest BCUT2D eigenvalue weighted by molar-refractivity contribution is -0.140. The summed E-state index contributed by atoms with van der Waals surface area (Å²) in [6.07, 6.45) is 5.82. The number of hydrogen-bond acceptors (Lipinski definition) is 3. The zero-order chi connectivity index (χ0) is 22.1. The van der Waals surface area contributed by atoms with Crippen LogP contribution in [-0.4, -0.2) is 34.6 Å². The van der Waals surface area contributed by atoms with Gasteiger partial charge in [-0.05, 0) is 49.6 Å². The smallest absolute Gasteiger partial charge is 0.242 e. The van der Waals surface area contributed by atoms with E-state index in [-0.39, 0.29) is 30.2 Å². The summed E-state index contributed by atoms with van der Waals surface area (Å²) < 4.78 is 13.3. The van der Waals surface area contributed by atoms with Crippen molar-refractivity contribution in [1.82, 2.24) is 10.2 Å². The Bertz CT molecular complexity index is 838. The molecule has 166 valence electrons. The summed E-state index contributed by atoms with van der Waals surface area (Å²) in [4.78, 5) is 28.8. The van der Waals surface area contributed by atoms with Crippen LogP contribution in [0.1, 0.15) is 51.0 Å². The van der Waals surface area contributed by atoms with Crippen LogP contribution in [0.2, 0.25) is 0 Å². The molecule has 0 aliphatic heterocycles. The fraction of sp³-hybridized carbons (Fsp3) is 0.440. The number of halogens is 1. The minimum Gasteiger partial charge on any atom is -0.352 e. The summed E-state index contributed by atoms with van der Waals surface area (Å²) in [5.74, 6) is 0.140. The molecule has 2 amide bonds. The van der Waals surface area contributed by atoms with Gasteiger partial charge in [-0.15, -0.1) is 11.8 Å². The van der Waals surface area contributed by atoms with E-state index in [1.807, 2.05) is 30.3 Å². The number of nitrogens with one attached hydrogen (secondary N) is 1. The Morgan fingerprint density at radius 3 is 2.42 bits per heavy atom. The van der Waals surface area contributed by atoms with Gasteiger partial charge in [-0.25, -0.2) is 4.39 Å². The molecule has 1 aliphatic rings. The predicted octanol–water partition coefficient (Wildman–Crippen LogP) is 5.17. The molecule has 1 saturated carbocycles. The molecule has 0 unspecified atom stereocenters. The first kappa shape index (κ1) is 23.3. The molecule has 0 saturated heterocycles.